The molecular formula is C16H18N4. The van der Waals surface area contributed by atoms with E-state index in [1.807, 2.05) is 24.3 Å². The lowest BCUT2D eigenvalue weighted by molar-refractivity contribution is 0.662. The molecule has 0 unspecified atom stereocenters. The van der Waals surface area contributed by atoms with Gasteiger partial charge in [0.15, 0.2) is 0 Å². The van der Waals surface area contributed by atoms with Gasteiger partial charge in [0, 0.05) is 12.7 Å². The van der Waals surface area contributed by atoms with Crippen LogP contribution in [0.4, 0.5) is 5.69 Å². The van der Waals surface area contributed by atoms with Crippen molar-refractivity contribution in [2.75, 3.05) is 5.73 Å². The molecule has 0 saturated heterocycles. The molecule has 4 heteroatoms. The van der Waals surface area contributed by atoms with Crippen molar-refractivity contribution in [3.8, 4) is 0 Å². The topological polar surface area (TPSA) is 56.7 Å². The van der Waals surface area contributed by atoms with Gasteiger partial charge in [-0.1, -0.05) is 19.1 Å². The fraction of sp³-hybridized carbons (Fsp3) is 0.250. The number of aromatic nitrogens is 3. The van der Waals surface area contributed by atoms with Crippen LogP contribution >= 0.6 is 0 Å². The third-order valence-electron chi connectivity index (χ3n) is 3.43. The first-order valence-corrected chi connectivity index (χ1v) is 6.93. The van der Waals surface area contributed by atoms with Crippen LogP contribution in [0.2, 0.25) is 0 Å². The van der Waals surface area contributed by atoms with E-state index in [2.05, 4.69) is 28.6 Å². The monoisotopic (exact) mass is 266 g/mol. The molecule has 0 radical (unpaired) electrons. The zero-order valence-corrected chi connectivity index (χ0v) is 11.6. The SMILES string of the molecule is CCCn1c(Cc2ncccc2N)nc2ccccc21. The number of aryl methyl sites for hydroxylation is 1. The molecule has 0 aliphatic carbocycles. The van der Waals surface area contributed by atoms with E-state index >= 15 is 0 Å². The van der Waals surface area contributed by atoms with Crippen LogP contribution in [0.25, 0.3) is 11.0 Å². The molecular weight excluding hydrogens is 248 g/mol. The fourth-order valence-corrected chi connectivity index (χ4v) is 2.48. The highest BCUT2D eigenvalue weighted by Crippen LogP contribution is 2.20. The minimum Gasteiger partial charge on any atom is -0.397 e. The molecule has 0 fully saturated rings. The molecule has 0 bridgehead atoms. The first-order chi connectivity index (χ1) is 9.79. The molecule has 102 valence electrons. The number of pyridine rings is 1. The molecule has 0 amide bonds. The maximum atomic E-state index is 5.99. The minimum absolute atomic E-state index is 0.668. The van der Waals surface area contributed by atoms with E-state index in [-0.39, 0.29) is 0 Å². The van der Waals surface area contributed by atoms with Gasteiger partial charge in [0.05, 0.1) is 28.8 Å². The van der Waals surface area contributed by atoms with E-state index in [0.29, 0.717) is 6.42 Å². The molecule has 0 aliphatic heterocycles. The van der Waals surface area contributed by atoms with Gasteiger partial charge in [-0.05, 0) is 30.7 Å². The van der Waals surface area contributed by atoms with Gasteiger partial charge >= 0.3 is 0 Å². The summed E-state index contributed by atoms with van der Waals surface area (Å²) in [6.07, 6.45) is 3.52. The molecule has 0 spiro atoms. The number of nitrogens with two attached hydrogens (primary N) is 1. The van der Waals surface area contributed by atoms with Crippen LogP contribution in [0.3, 0.4) is 0 Å². The summed E-state index contributed by atoms with van der Waals surface area (Å²) in [4.78, 5) is 9.10. The third-order valence-corrected chi connectivity index (χ3v) is 3.43. The number of benzene rings is 1. The number of fused-ring (bicyclic) bond motifs is 1. The summed E-state index contributed by atoms with van der Waals surface area (Å²) >= 11 is 0. The van der Waals surface area contributed by atoms with E-state index in [0.717, 1.165) is 35.7 Å². The molecule has 0 saturated carbocycles. The van der Waals surface area contributed by atoms with Crippen LogP contribution in [0.5, 0.6) is 0 Å². The Labute approximate surface area is 118 Å². The molecule has 20 heavy (non-hydrogen) atoms. The lowest BCUT2D eigenvalue weighted by atomic mass is 10.2. The van der Waals surface area contributed by atoms with Gasteiger partial charge in [0.2, 0.25) is 0 Å². The summed E-state index contributed by atoms with van der Waals surface area (Å²) in [5.41, 5.74) is 9.81. The fourth-order valence-electron chi connectivity index (χ4n) is 2.48. The van der Waals surface area contributed by atoms with Crippen molar-refractivity contribution in [3.63, 3.8) is 0 Å². The second-order valence-electron chi connectivity index (χ2n) is 4.88. The van der Waals surface area contributed by atoms with Gasteiger partial charge in [-0.3, -0.25) is 4.98 Å². The first kappa shape index (κ1) is 12.7. The second kappa shape index (κ2) is 5.33. The molecule has 2 aromatic heterocycles. The molecule has 2 N–H and O–H groups in total. The normalized spacial score (nSPS) is 11.1. The number of nitrogens with zero attached hydrogens (tertiary/aromatic N) is 3. The molecule has 0 aliphatic rings. The number of rotatable bonds is 4. The van der Waals surface area contributed by atoms with Gasteiger partial charge in [0.1, 0.15) is 5.82 Å². The Morgan fingerprint density at radius 3 is 2.80 bits per heavy atom. The Morgan fingerprint density at radius 2 is 2.00 bits per heavy atom. The Balaban J connectivity index is 2.06. The minimum atomic E-state index is 0.668. The zero-order valence-electron chi connectivity index (χ0n) is 11.6. The lowest BCUT2D eigenvalue weighted by Crippen LogP contribution is -2.06. The highest BCUT2D eigenvalue weighted by molar-refractivity contribution is 5.76. The van der Waals surface area contributed by atoms with E-state index in [1.165, 1.54) is 5.52 Å². The third kappa shape index (κ3) is 2.25. The number of anilines is 1. The molecule has 4 nitrogen and oxygen atoms in total. The van der Waals surface area contributed by atoms with Gasteiger partial charge < -0.3 is 10.3 Å². The lowest BCUT2D eigenvalue weighted by Gasteiger charge is -2.08. The Kier molecular flexibility index (Phi) is 3.37. The highest BCUT2D eigenvalue weighted by Gasteiger charge is 2.12. The quantitative estimate of drug-likeness (QED) is 0.789. The smallest absolute Gasteiger partial charge is 0.115 e. The average Bonchev–Trinajstić information content (AvgIpc) is 2.80. The van der Waals surface area contributed by atoms with Gasteiger partial charge in [0.25, 0.3) is 0 Å². The molecule has 0 atom stereocenters. The predicted molar refractivity (Wildman–Crippen MR) is 81.5 cm³/mol. The zero-order chi connectivity index (χ0) is 13.9. The predicted octanol–water partition coefficient (Wildman–Crippen LogP) is 3.01. The van der Waals surface area contributed by atoms with Crippen LogP contribution in [0, 0.1) is 0 Å². The maximum absolute atomic E-state index is 5.99. The molecule has 1 aromatic carbocycles. The molecule has 2 heterocycles. The van der Waals surface area contributed by atoms with Crippen molar-refractivity contribution in [1.82, 2.24) is 14.5 Å². The Bertz CT molecular complexity index is 730. The largest absolute Gasteiger partial charge is 0.397 e. The van der Waals surface area contributed by atoms with Gasteiger partial charge in [-0.2, -0.15) is 0 Å². The highest BCUT2D eigenvalue weighted by atomic mass is 15.1. The summed E-state index contributed by atoms with van der Waals surface area (Å²) in [5, 5.41) is 0. The van der Waals surface area contributed by atoms with Crippen molar-refractivity contribution >= 4 is 16.7 Å². The average molecular weight is 266 g/mol. The van der Waals surface area contributed by atoms with E-state index in [1.54, 1.807) is 6.20 Å². The van der Waals surface area contributed by atoms with E-state index < -0.39 is 0 Å². The summed E-state index contributed by atoms with van der Waals surface area (Å²) < 4.78 is 2.27. The standard InChI is InChI=1S/C16H18N4/c1-2-10-20-15-8-4-3-7-13(15)19-16(20)11-14-12(17)6-5-9-18-14/h3-9H,2,10-11,17H2,1H3. The van der Waals surface area contributed by atoms with E-state index in [9.17, 15) is 0 Å². The molecule has 3 rings (SSSR count). The Morgan fingerprint density at radius 1 is 1.15 bits per heavy atom. The first-order valence-electron chi connectivity index (χ1n) is 6.93. The van der Waals surface area contributed by atoms with Crippen molar-refractivity contribution in [2.45, 2.75) is 26.3 Å². The number of imidazole rings is 1. The summed E-state index contributed by atoms with van der Waals surface area (Å²) in [5.74, 6) is 1.03. The van der Waals surface area contributed by atoms with Crippen molar-refractivity contribution in [1.29, 1.82) is 0 Å². The van der Waals surface area contributed by atoms with Gasteiger partial charge in [-0.15, -0.1) is 0 Å². The van der Waals surface area contributed by atoms with Gasteiger partial charge in [-0.25, -0.2) is 4.98 Å². The number of hydrogen-bond donors (Lipinski definition) is 1. The van der Waals surface area contributed by atoms with E-state index in [4.69, 9.17) is 10.7 Å². The molecule has 3 aromatic rings. The Hall–Kier alpha value is -2.36. The second-order valence-corrected chi connectivity index (χ2v) is 4.88. The summed E-state index contributed by atoms with van der Waals surface area (Å²) in [7, 11) is 0. The van der Waals surface area contributed by atoms with Crippen molar-refractivity contribution < 1.29 is 0 Å². The van der Waals surface area contributed by atoms with Crippen LogP contribution < -0.4 is 5.73 Å². The summed E-state index contributed by atoms with van der Waals surface area (Å²) in [6, 6.07) is 12.0. The van der Waals surface area contributed by atoms with Crippen LogP contribution in [0.15, 0.2) is 42.6 Å². The summed E-state index contributed by atoms with van der Waals surface area (Å²) in [6.45, 7) is 3.14. The number of hydrogen-bond acceptors (Lipinski definition) is 3. The van der Waals surface area contributed by atoms with Crippen LogP contribution in [-0.4, -0.2) is 14.5 Å². The van der Waals surface area contributed by atoms with Crippen molar-refractivity contribution in [3.05, 3.63) is 54.1 Å². The van der Waals surface area contributed by atoms with Crippen LogP contribution in [0.1, 0.15) is 24.9 Å². The van der Waals surface area contributed by atoms with Crippen molar-refractivity contribution in [2.24, 2.45) is 0 Å². The number of para-hydroxylation sites is 2. The number of nitrogen functional groups attached to an aromatic ring is 1. The van der Waals surface area contributed by atoms with Crippen LogP contribution in [-0.2, 0) is 13.0 Å². The maximum Gasteiger partial charge on any atom is 0.115 e.